The molecule has 4 heteroatoms. The van der Waals surface area contributed by atoms with Crippen molar-refractivity contribution in [3.05, 3.63) is 35.9 Å². The average molecular weight is 196 g/mol. The summed E-state index contributed by atoms with van der Waals surface area (Å²) >= 11 is 0. The van der Waals surface area contributed by atoms with Crippen LogP contribution >= 0.6 is 0 Å². The van der Waals surface area contributed by atoms with Crippen molar-refractivity contribution in [1.82, 2.24) is 0 Å². The third-order valence-corrected chi connectivity index (χ3v) is 1.92. The van der Waals surface area contributed by atoms with E-state index in [0.717, 1.165) is 0 Å². The van der Waals surface area contributed by atoms with E-state index in [2.05, 4.69) is 0 Å². The lowest BCUT2D eigenvalue weighted by Gasteiger charge is -2.12. The molecule has 0 bridgehead atoms. The lowest BCUT2D eigenvalue weighted by atomic mass is 10.0. The summed E-state index contributed by atoms with van der Waals surface area (Å²) in [6.07, 6.45) is -2.66. The number of rotatable bonds is 4. The molecule has 0 radical (unpaired) electrons. The topological polar surface area (TPSA) is 77.8 Å². The average Bonchev–Trinajstić information content (AvgIpc) is 2.19. The van der Waals surface area contributed by atoms with E-state index < -0.39 is 18.2 Å². The maximum Gasteiger partial charge on any atom is 0.332 e. The number of aliphatic hydroxyl groups is 2. The molecular formula is C10H12O4. The number of aliphatic carboxylic acids is 1. The van der Waals surface area contributed by atoms with E-state index in [1.54, 1.807) is 30.3 Å². The Morgan fingerprint density at radius 2 is 1.79 bits per heavy atom. The molecule has 0 aliphatic rings. The monoisotopic (exact) mass is 196 g/mol. The number of aliphatic hydroxyl groups excluding tert-OH is 2. The molecule has 0 saturated carbocycles. The van der Waals surface area contributed by atoms with Gasteiger partial charge in [-0.15, -0.1) is 0 Å². The zero-order chi connectivity index (χ0) is 10.6. The normalized spacial score (nSPS) is 14.7. The molecule has 0 aromatic heterocycles. The molecule has 3 N–H and O–H groups in total. The molecule has 14 heavy (non-hydrogen) atoms. The second-order valence-corrected chi connectivity index (χ2v) is 3.02. The lowest BCUT2D eigenvalue weighted by Crippen LogP contribution is -2.22. The molecule has 1 aromatic carbocycles. The zero-order valence-corrected chi connectivity index (χ0v) is 7.50. The molecule has 1 rings (SSSR count). The minimum absolute atomic E-state index is 0.195. The van der Waals surface area contributed by atoms with Crippen molar-refractivity contribution in [1.29, 1.82) is 0 Å². The van der Waals surface area contributed by atoms with Crippen molar-refractivity contribution < 1.29 is 20.1 Å². The van der Waals surface area contributed by atoms with Gasteiger partial charge < -0.3 is 15.3 Å². The van der Waals surface area contributed by atoms with Gasteiger partial charge in [-0.25, -0.2) is 4.79 Å². The molecule has 1 aromatic rings. The third-order valence-electron chi connectivity index (χ3n) is 1.92. The summed E-state index contributed by atoms with van der Waals surface area (Å²) in [6, 6.07) is 8.64. The molecule has 4 nitrogen and oxygen atoms in total. The van der Waals surface area contributed by atoms with Crippen LogP contribution in [0.2, 0.25) is 0 Å². The smallest absolute Gasteiger partial charge is 0.332 e. The van der Waals surface area contributed by atoms with E-state index in [1.807, 2.05) is 0 Å². The van der Waals surface area contributed by atoms with Crippen molar-refractivity contribution in [2.75, 3.05) is 0 Å². The van der Waals surface area contributed by atoms with Gasteiger partial charge in [0.05, 0.1) is 6.10 Å². The van der Waals surface area contributed by atoms with E-state index in [9.17, 15) is 9.90 Å². The second kappa shape index (κ2) is 4.74. The molecule has 0 aliphatic carbocycles. The Balaban J connectivity index is 2.59. The fourth-order valence-corrected chi connectivity index (χ4v) is 1.12. The van der Waals surface area contributed by atoms with Crippen LogP contribution in [0.4, 0.5) is 0 Å². The molecule has 76 valence electrons. The van der Waals surface area contributed by atoms with E-state index in [0.29, 0.717) is 5.56 Å². The first-order valence-corrected chi connectivity index (χ1v) is 4.25. The molecule has 0 amide bonds. The van der Waals surface area contributed by atoms with E-state index in [4.69, 9.17) is 10.2 Å². The Bertz CT molecular complexity index is 296. The Hall–Kier alpha value is -1.39. The maximum atomic E-state index is 10.3. The van der Waals surface area contributed by atoms with Crippen LogP contribution in [0.15, 0.2) is 30.3 Å². The molecule has 0 spiro atoms. The van der Waals surface area contributed by atoms with Crippen LogP contribution in [0.1, 0.15) is 18.1 Å². The van der Waals surface area contributed by atoms with Crippen LogP contribution in [-0.4, -0.2) is 27.4 Å². The van der Waals surface area contributed by atoms with E-state index in [-0.39, 0.29) is 6.42 Å². The molecular weight excluding hydrogens is 184 g/mol. The summed E-state index contributed by atoms with van der Waals surface area (Å²) in [5.74, 6) is -1.32. The number of hydrogen-bond acceptors (Lipinski definition) is 3. The predicted molar refractivity (Wildman–Crippen MR) is 49.7 cm³/mol. The molecule has 0 fully saturated rings. The minimum atomic E-state index is -1.52. The number of carboxylic acids is 1. The van der Waals surface area contributed by atoms with Crippen molar-refractivity contribution in [3.63, 3.8) is 0 Å². The SMILES string of the molecule is O=C(O)C(O)CC(O)c1ccccc1. The van der Waals surface area contributed by atoms with Crippen LogP contribution in [0.5, 0.6) is 0 Å². The molecule has 2 atom stereocenters. The summed E-state index contributed by atoms with van der Waals surface area (Å²) in [6.45, 7) is 0. The Labute approximate surface area is 81.4 Å². The quantitative estimate of drug-likeness (QED) is 0.657. The van der Waals surface area contributed by atoms with Crippen molar-refractivity contribution in [3.8, 4) is 0 Å². The first-order chi connectivity index (χ1) is 6.61. The molecule has 0 saturated heterocycles. The van der Waals surface area contributed by atoms with Gasteiger partial charge in [0.2, 0.25) is 0 Å². The van der Waals surface area contributed by atoms with Gasteiger partial charge in [0.1, 0.15) is 0 Å². The maximum absolute atomic E-state index is 10.3. The molecule has 0 aliphatic heterocycles. The summed E-state index contributed by atoms with van der Waals surface area (Å²) in [5.41, 5.74) is 0.604. The fraction of sp³-hybridized carbons (Fsp3) is 0.300. The van der Waals surface area contributed by atoms with Gasteiger partial charge >= 0.3 is 5.97 Å². The van der Waals surface area contributed by atoms with E-state index >= 15 is 0 Å². The summed E-state index contributed by atoms with van der Waals surface area (Å²) in [4.78, 5) is 10.3. The highest BCUT2D eigenvalue weighted by Gasteiger charge is 2.18. The van der Waals surface area contributed by atoms with Crippen LogP contribution in [0, 0.1) is 0 Å². The fourth-order valence-electron chi connectivity index (χ4n) is 1.12. The van der Waals surface area contributed by atoms with Crippen LogP contribution in [0.3, 0.4) is 0 Å². The number of hydrogen-bond donors (Lipinski definition) is 3. The summed E-state index contributed by atoms with van der Waals surface area (Å²) in [5, 5.41) is 26.9. The van der Waals surface area contributed by atoms with Crippen LogP contribution in [0.25, 0.3) is 0 Å². The first-order valence-electron chi connectivity index (χ1n) is 4.25. The van der Waals surface area contributed by atoms with Gasteiger partial charge in [-0.2, -0.15) is 0 Å². The largest absolute Gasteiger partial charge is 0.479 e. The Morgan fingerprint density at radius 3 is 2.29 bits per heavy atom. The van der Waals surface area contributed by atoms with Gasteiger partial charge in [0.25, 0.3) is 0 Å². The number of carboxylic acid groups (broad SMARTS) is 1. The third kappa shape index (κ3) is 2.83. The van der Waals surface area contributed by atoms with Crippen molar-refractivity contribution >= 4 is 5.97 Å². The second-order valence-electron chi connectivity index (χ2n) is 3.02. The van der Waals surface area contributed by atoms with Crippen LogP contribution in [-0.2, 0) is 4.79 Å². The molecule has 2 unspecified atom stereocenters. The zero-order valence-electron chi connectivity index (χ0n) is 7.50. The highest BCUT2D eigenvalue weighted by Crippen LogP contribution is 2.17. The van der Waals surface area contributed by atoms with Gasteiger partial charge in [-0.05, 0) is 5.56 Å². The van der Waals surface area contributed by atoms with Gasteiger partial charge in [0, 0.05) is 6.42 Å². The standard InChI is InChI=1S/C10H12O4/c11-8(6-9(12)10(13)14)7-4-2-1-3-5-7/h1-5,8-9,11-12H,6H2,(H,13,14). The van der Waals surface area contributed by atoms with Gasteiger partial charge in [-0.1, -0.05) is 30.3 Å². The summed E-state index contributed by atoms with van der Waals surface area (Å²) < 4.78 is 0. The lowest BCUT2D eigenvalue weighted by molar-refractivity contribution is -0.148. The molecule has 0 heterocycles. The van der Waals surface area contributed by atoms with Crippen LogP contribution < -0.4 is 0 Å². The highest BCUT2D eigenvalue weighted by molar-refractivity contribution is 5.71. The predicted octanol–water partition coefficient (Wildman–Crippen LogP) is 0.556. The first kappa shape index (κ1) is 10.7. The Kier molecular flexibility index (Phi) is 3.62. The number of benzene rings is 1. The van der Waals surface area contributed by atoms with Gasteiger partial charge in [-0.3, -0.25) is 0 Å². The summed E-state index contributed by atoms with van der Waals surface area (Å²) in [7, 11) is 0. The van der Waals surface area contributed by atoms with E-state index in [1.165, 1.54) is 0 Å². The van der Waals surface area contributed by atoms with Crippen molar-refractivity contribution in [2.45, 2.75) is 18.6 Å². The highest BCUT2D eigenvalue weighted by atomic mass is 16.4. The number of carbonyl (C=O) groups is 1. The minimum Gasteiger partial charge on any atom is -0.479 e. The Morgan fingerprint density at radius 1 is 1.21 bits per heavy atom. The van der Waals surface area contributed by atoms with Crippen molar-refractivity contribution in [2.24, 2.45) is 0 Å². The van der Waals surface area contributed by atoms with Gasteiger partial charge in [0.15, 0.2) is 6.10 Å².